The number of nitrogens with zero attached hydrogens (tertiary/aromatic N) is 2. The Bertz CT molecular complexity index is 767. The fraction of sp³-hybridized carbons (Fsp3) is 0.389. The molecule has 0 atom stereocenters. The van der Waals surface area contributed by atoms with Crippen molar-refractivity contribution >= 4 is 28.3 Å². The minimum Gasteiger partial charge on any atom is -0.497 e. The Labute approximate surface area is 156 Å². The topological polar surface area (TPSA) is 76.0 Å². The van der Waals surface area contributed by atoms with E-state index in [1.807, 2.05) is 34.5 Å². The number of aromatic nitrogens is 1. The smallest absolute Gasteiger partial charge is 0.281 e. The number of hydrogen-bond acceptors (Lipinski definition) is 5. The minimum atomic E-state index is -0.0492. The lowest BCUT2D eigenvalue weighted by Crippen LogP contribution is -3.15. The number of methoxy groups -OCH3 is 1. The Hall–Kier alpha value is -2.45. The van der Waals surface area contributed by atoms with E-state index in [-0.39, 0.29) is 11.8 Å². The Balaban J connectivity index is 1.52. The van der Waals surface area contributed by atoms with Gasteiger partial charge < -0.3 is 14.5 Å². The summed E-state index contributed by atoms with van der Waals surface area (Å²) in [4.78, 5) is 31.1. The van der Waals surface area contributed by atoms with Crippen LogP contribution in [0.5, 0.6) is 5.75 Å². The zero-order valence-corrected chi connectivity index (χ0v) is 15.8. The number of carbonyl (C=O) groups excluding carboxylic acids is 2. The predicted octanol–water partition coefficient (Wildman–Crippen LogP) is 0.504. The highest BCUT2D eigenvalue weighted by molar-refractivity contribution is 7.14. The van der Waals surface area contributed by atoms with Crippen LogP contribution in [0.3, 0.4) is 0 Å². The van der Waals surface area contributed by atoms with Crippen LogP contribution >= 0.6 is 11.3 Å². The molecule has 7 nitrogen and oxygen atoms in total. The van der Waals surface area contributed by atoms with Crippen molar-refractivity contribution in [2.24, 2.45) is 0 Å². The first-order valence-electron chi connectivity index (χ1n) is 8.54. The van der Waals surface area contributed by atoms with Gasteiger partial charge in [-0.3, -0.25) is 14.9 Å². The van der Waals surface area contributed by atoms with Gasteiger partial charge in [0, 0.05) is 17.9 Å². The molecule has 2 heterocycles. The summed E-state index contributed by atoms with van der Waals surface area (Å²) in [5.41, 5.74) is 1.81. The van der Waals surface area contributed by atoms with E-state index in [0.29, 0.717) is 24.8 Å². The number of quaternary nitrogens is 1. The maximum absolute atomic E-state index is 12.3. The van der Waals surface area contributed by atoms with E-state index >= 15 is 0 Å². The van der Waals surface area contributed by atoms with Crippen LogP contribution in [0.1, 0.15) is 6.92 Å². The molecule has 2 amide bonds. The Morgan fingerprint density at radius 3 is 2.58 bits per heavy atom. The number of thiazole rings is 1. The van der Waals surface area contributed by atoms with Gasteiger partial charge in [0.15, 0.2) is 11.7 Å². The number of nitrogens with one attached hydrogen (secondary N) is 2. The molecular weight excluding hydrogens is 352 g/mol. The van der Waals surface area contributed by atoms with Gasteiger partial charge in [-0.05, 0) is 24.3 Å². The number of amides is 2. The van der Waals surface area contributed by atoms with Gasteiger partial charge >= 0.3 is 0 Å². The second-order valence-electron chi connectivity index (χ2n) is 6.25. The van der Waals surface area contributed by atoms with Crippen molar-refractivity contribution in [3.05, 3.63) is 29.6 Å². The van der Waals surface area contributed by atoms with Crippen molar-refractivity contribution in [2.75, 3.05) is 45.2 Å². The average molecular weight is 375 g/mol. The molecule has 0 aliphatic carbocycles. The number of carbonyl (C=O) groups is 2. The lowest BCUT2D eigenvalue weighted by atomic mass is 10.2. The summed E-state index contributed by atoms with van der Waals surface area (Å²) in [5.74, 6) is 0.847. The summed E-state index contributed by atoms with van der Waals surface area (Å²) in [6.07, 6.45) is 0. The number of anilines is 1. The first-order chi connectivity index (χ1) is 12.5. The van der Waals surface area contributed by atoms with Gasteiger partial charge in [-0.1, -0.05) is 0 Å². The third-order valence-electron chi connectivity index (χ3n) is 4.46. The summed E-state index contributed by atoms with van der Waals surface area (Å²) in [5, 5.41) is 5.40. The number of ether oxygens (including phenoxy) is 1. The Kier molecular flexibility index (Phi) is 5.85. The van der Waals surface area contributed by atoms with E-state index in [1.54, 1.807) is 14.0 Å². The van der Waals surface area contributed by atoms with Gasteiger partial charge in [0.05, 0.1) is 39.0 Å². The maximum Gasteiger partial charge on any atom is 0.281 e. The van der Waals surface area contributed by atoms with Gasteiger partial charge in [-0.2, -0.15) is 0 Å². The van der Waals surface area contributed by atoms with Crippen LogP contribution in [0.25, 0.3) is 11.3 Å². The average Bonchev–Trinajstić information content (AvgIpc) is 3.10. The van der Waals surface area contributed by atoms with Gasteiger partial charge in [-0.15, -0.1) is 11.3 Å². The zero-order chi connectivity index (χ0) is 18.5. The molecule has 2 N–H and O–H groups in total. The van der Waals surface area contributed by atoms with E-state index < -0.39 is 0 Å². The molecule has 3 rings (SSSR count). The molecule has 1 aromatic carbocycles. The highest BCUT2D eigenvalue weighted by atomic mass is 32.1. The first-order valence-corrected chi connectivity index (χ1v) is 9.42. The van der Waals surface area contributed by atoms with Crippen molar-refractivity contribution in [1.29, 1.82) is 0 Å². The van der Waals surface area contributed by atoms with Crippen molar-refractivity contribution in [3.63, 3.8) is 0 Å². The van der Waals surface area contributed by atoms with Gasteiger partial charge in [0.2, 0.25) is 5.91 Å². The van der Waals surface area contributed by atoms with Crippen LogP contribution in [0.15, 0.2) is 29.6 Å². The summed E-state index contributed by atoms with van der Waals surface area (Å²) >= 11 is 1.41. The monoisotopic (exact) mass is 375 g/mol. The SMILES string of the molecule is COc1ccc(-c2csc(NC(=O)C[NH+]3CCN(C(C)=O)CC3)n2)cc1. The van der Waals surface area contributed by atoms with Gasteiger partial charge in [0.1, 0.15) is 5.75 Å². The highest BCUT2D eigenvalue weighted by Crippen LogP contribution is 2.26. The molecule has 1 fully saturated rings. The second kappa shape index (κ2) is 8.29. The van der Waals surface area contributed by atoms with Crippen LogP contribution in [0, 0.1) is 0 Å². The summed E-state index contributed by atoms with van der Waals surface area (Å²) in [6, 6.07) is 7.66. The van der Waals surface area contributed by atoms with Crippen LogP contribution < -0.4 is 15.0 Å². The first kappa shape index (κ1) is 18.3. The molecule has 0 radical (unpaired) electrons. The fourth-order valence-corrected chi connectivity index (χ4v) is 3.67. The van der Waals surface area contributed by atoms with Crippen molar-refractivity contribution in [2.45, 2.75) is 6.92 Å². The highest BCUT2D eigenvalue weighted by Gasteiger charge is 2.23. The minimum absolute atomic E-state index is 0.0492. The fourth-order valence-electron chi connectivity index (χ4n) is 2.93. The number of piperazine rings is 1. The third-order valence-corrected chi connectivity index (χ3v) is 5.22. The van der Waals surface area contributed by atoms with Gasteiger partial charge in [-0.25, -0.2) is 4.98 Å². The van der Waals surface area contributed by atoms with Crippen LogP contribution in [-0.4, -0.2) is 61.5 Å². The lowest BCUT2D eigenvalue weighted by Gasteiger charge is -2.31. The van der Waals surface area contributed by atoms with Crippen molar-refractivity contribution in [3.8, 4) is 17.0 Å². The van der Waals surface area contributed by atoms with E-state index in [1.165, 1.54) is 16.2 Å². The molecule has 0 spiro atoms. The normalized spacial score (nSPS) is 14.9. The van der Waals surface area contributed by atoms with E-state index in [9.17, 15) is 9.59 Å². The zero-order valence-electron chi connectivity index (χ0n) is 14.9. The van der Waals surface area contributed by atoms with Gasteiger partial charge in [0.25, 0.3) is 5.91 Å². The van der Waals surface area contributed by atoms with E-state index in [2.05, 4.69) is 10.3 Å². The van der Waals surface area contributed by atoms with Crippen LogP contribution in [0.2, 0.25) is 0 Å². The summed E-state index contributed by atoms with van der Waals surface area (Å²) in [7, 11) is 1.63. The summed E-state index contributed by atoms with van der Waals surface area (Å²) < 4.78 is 5.16. The molecule has 8 heteroatoms. The van der Waals surface area contributed by atoms with Crippen molar-refractivity contribution in [1.82, 2.24) is 9.88 Å². The molecular formula is C18H23N4O3S+. The van der Waals surface area contributed by atoms with Crippen molar-refractivity contribution < 1.29 is 19.2 Å². The maximum atomic E-state index is 12.3. The number of hydrogen-bond donors (Lipinski definition) is 2. The lowest BCUT2D eigenvalue weighted by molar-refractivity contribution is -0.895. The Morgan fingerprint density at radius 1 is 1.27 bits per heavy atom. The molecule has 1 aliphatic rings. The molecule has 26 heavy (non-hydrogen) atoms. The molecule has 1 aromatic heterocycles. The largest absolute Gasteiger partial charge is 0.497 e. The Morgan fingerprint density at radius 2 is 1.96 bits per heavy atom. The van der Waals surface area contributed by atoms with Crippen LogP contribution in [0.4, 0.5) is 5.13 Å². The van der Waals surface area contributed by atoms with E-state index in [0.717, 1.165) is 30.1 Å². The number of benzene rings is 1. The second-order valence-corrected chi connectivity index (χ2v) is 7.11. The number of rotatable bonds is 5. The standard InChI is InChI=1S/C18H22N4O3S/c1-13(23)22-9-7-21(8-10-22)11-17(24)20-18-19-16(12-26-18)14-3-5-15(25-2)6-4-14/h3-6,12H,7-11H2,1-2H3,(H,19,20,24)/p+1. The summed E-state index contributed by atoms with van der Waals surface area (Å²) in [6.45, 7) is 4.97. The molecule has 1 aliphatic heterocycles. The predicted molar refractivity (Wildman–Crippen MR) is 101 cm³/mol. The quantitative estimate of drug-likeness (QED) is 0.798. The third kappa shape index (κ3) is 4.59. The molecule has 0 unspecified atom stereocenters. The molecule has 0 saturated carbocycles. The molecule has 2 aromatic rings. The molecule has 138 valence electrons. The van der Waals surface area contributed by atoms with Crippen LogP contribution in [-0.2, 0) is 9.59 Å². The van der Waals surface area contributed by atoms with E-state index in [4.69, 9.17) is 4.74 Å². The molecule has 0 bridgehead atoms. The molecule has 1 saturated heterocycles.